The third-order valence-corrected chi connectivity index (χ3v) is 4.34. The summed E-state index contributed by atoms with van der Waals surface area (Å²) in [5.41, 5.74) is 0.775. The summed E-state index contributed by atoms with van der Waals surface area (Å²) in [5.74, 6) is -0.478. The zero-order valence-electron chi connectivity index (χ0n) is 13.4. The summed E-state index contributed by atoms with van der Waals surface area (Å²) in [6.45, 7) is 2.11. The predicted molar refractivity (Wildman–Crippen MR) is 95.7 cm³/mol. The van der Waals surface area contributed by atoms with Gasteiger partial charge in [0.1, 0.15) is 6.20 Å². The van der Waals surface area contributed by atoms with Crippen LogP contribution in [0.2, 0.25) is 10.0 Å². The number of amides is 1. The monoisotopic (exact) mass is 394 g/mol. The molecule has 0 unspecified atom stereocenters. The van der Waals surface area contributed by atoms with E-state index >= 15 is 0 Å². The van der Waals surface area contributed by atoms with Crippen LogP contribution in [0.15, 0.2) is 30.5 Å². The van der Waals surface area contributed by atoms with Crippen molar-refractivity contribution in [3.05, 3.63) is 67.6 Å². The lowest BCUT2D eigenvalue weighted by Crippen LogP contribution is -2.15. The minimum atomic E-state index is -0.713. The Morgan fingerprint density at radius 1 is 1.38 bits per heavy atom. The van der Waals surface area contributed by atoms with Crippen LogP contribution in [0.25, 0.3) is 0 Å². The summed E-state index contributed by atoms with van der Waals surface area (Å²) in [5, 5.41) is 24.5. The molecule has 2 N–H and O–H groups in total. The average Bonchev–Trinajstić information content (AvgIpc) is 3.18. The van der Waals surface area contributed by atoms with Crippen molar-refractivity contribution in [3.63, 3.8) is 0 Å². The van der Waals surface area contributed by atoms with E-state index in [1.54, 1.807) is 35.9 Å². The maximum atomic E-state index is 12.2. The summed E-state index contributed by atoms with van der Waals surface area (Å²) in [4.78, 5) is 22.4. The molecule has 0 aliphatic carbocycles. The number of anilines is 1. The molecule has 2 aromatic heterocycles. The van der Waals surface area contributed by atoms with Crippen LogP contribution in [-0.4, -0.2) is 30.8 Å². The van der Waals surface area contributed by atoms with Crippen molar-refractivity contribution in [3.8, 4) is 0 Å². The number of hydrogen-bond acceptors (Lipinski definition) is 5. The van der Waals surface area contributed by atoms with Gasteiger partial charge in [0.15, 0.2) is 5.82 Å². The van der Waals surface area contributed by atoms with E-state index in [-0.39, 0.29) is 11.5 Å². The molecule has 0 spiro atoms. The number of benzene rings is 1. The molecule has 9 nitrogen and oxygen atoms in total. The summed E-state index contributed by atoms with van der Waals surface area (Å²) >= 11 is 12.3. The van der Waals surface area contributed by atoms with Gasteiger partial charge in [0.05, 0.1) is 11.5 Å². The quantitative estimate of drug-likeness (QED) is 0.507. The molecule has 0 radical (unpaired) electrons. The number of aromatic amines is 1. The van der Waals surface area contributed by atoms with Gasteiger partial charge in [0.2, 0.25) is 5.69 Å². The van der Waals surface area contributed by atoms with Crippen molar-refractivity contribution >= 4 is 40.6 Å². The van der Waals surface area contributed by atoms with Gasteiger partial charge in [0, 0.05) is 27.4 Å². The van der Waals surface area contributed by atoms with Gasteiger partial charge >= 0.3 is 5.69 Å². The number of halogens is 2. The maximum absolute atomic E-state index is 12.2. The summed E-state index contributed by atoms with van der Waals surface area (Å²) in [7, 11) is 0. The lowest BCUT2D eigenvalue weighted by molar-refractivity contribution is -0.385. The van der Waals surface area contributed by atoms with Crippen LogP contribution in [0.1, 0.15) is 21.7 Å². The second-order valence-corrected chi connectivity index (χ2v) is 6.18. The van der Waals surface area contributed by atoms with Gasteiger partial charge in [-0.2, -0.15) is 10.2 Å². The first kappa shape index (κ1) is 17.9. The molecule has 0 atom stereocenters. The molecule has 0 saturated heterocycles. The highest BCUT2D eigenvalue weighted by molar-refractivity contribution is 6.35. The number of hydrogen-bond donors (Lipinski definition) is 2. The van der Waals surface area contributed by atoms with E-state index in [4.69, 9.17) is 23.2 Å². The van der Waals surface area contributed by atoms with E-state index in [0.717, 1.165) is 11.9 Å². The Balaban J connectivity index is 1.81. The second-order valence-electron chi connectivity index (χ2n) is 5.37. The highest BCUT2D eigenvalue weighted by atomic mass is 35.5. The maximum Gasteiger partial charge on any atom is 0.319 e. The number of nitrogens with one attached hydrogen (secondary N) is 2. The van der Waals surface area contributed by atoms with Crippen LogP contribution in [0, 0.1) is 17.0 Å². The molecule has 3 rings (SSSR count). The first-order chi connectivity index (χ1) is 12.4. The van der Waals surface area contributed by atoms with Crippen LogP contribution < -0.4 is 5.32 Å². The van der Waals surface area contributed by atoms with Crippen LogP contribution in [-0.2, 0) is 6.54 Å². The molecule has 0 aliphatic rings. The fraction of sp³-hybridized carbons (Fsp3) is 0.133. The molecule has 0 fully saturated rings. The number of aryl methyl sites for hydroxylation is 1. The largest absolute Gasteiger partial charge is 0.319 e. The molecule has 0 saturated carbocycles. The Morgan fingerprint density at radius 2 is 2.08 bits per heavy atom. The van der Waals surface area contributed by atoms with Gasteiger partial charge in [-0.3, -0.25) is 24.7 Å². The van der Waals surface area contributed by atoms with Gasteiger partial charge in [-0.25, -0.2) is 0 Å². The van der Waals surface area contributed by atoms with E-state index in [2.05, 4.69) is 20.6 Å². The van der Waals surface area contributed by atoms with E-state index in [1.807, 2.05) is 0 Å². The lowest BCUT2D eigenvalue weighted by Gasteiger charge is -2.08. The third-order valence-electron chi connectivity index (χ3n) is 3.64. The topological polar surface area (TPSA) is 119 Å². The van der Waals surface area contributed by atoms with Gasteiger partial charge in [0.25, 0.3) is 5.91 Å². The number of H-pyrrole nitrogens is 1. The van der Waals surface area contributed by atoms with Crippen molar-refractivity contribution in [2.75, 3.05) is 5.32 Å². The Bertz CT molecular complexity index is 977. The first-order valence-electron chi connectivity index (χ1n) is 7.33. The first-order valence-corrected chi connectivity index (χ1v) is 8.09. The summed E-state index contributed by atoms with van der Waals surface area (Å²) in [6.07, 6.45) is 0.970. The molecule has 134 valence electrons. The van der Waals surface area contributed by atoms with E-state index in [9.17, 15) is 14.9 Å². The van der Waals surface area contributed by atoms with E-state index in [0.29, 0.717) is 22.2 Å². The highest BCUT2D eigenvalue weighted by Gasteiger charge is 2.23. The molecule has 0 bridgehead atoms. The number of carbonyl (C=O) groups is 1. The Labute approximate surface area is 157 Å². The Kier molecular flexibility index (Phi) is 4.92. The Hall–Kier alpha value is -2.91. The van der Waals surface area contributed by atoms with Gasteiger partial charge < -0.3 is 5.32 Å². The minimum absolute atomic E-state index is 0.236. The normalized spacial score (nSPS) is 10.7. The Morgan fingerprint density at radius 3 is 2.73 bits per heavy atom. The van der Waals surface area contributed by atoms with Crippen molar-refractivity contribution in [2.45, 2.75) is 13.5 Å². The number of nitrogens with zero attached hydrogens (tertiary/aromatic N) is 4. The molecule has 26 heavy (non-hydrogen) atoms. The predicted octanol–water partition coefficient (Wildman–Crippen LogP) is 3.43. The van der Waals surface area contributed by atoms with Crippen LogP contribution >= 0.6 is 23.2 Å². The zero-order chi connectivity index (χ0) is 18.8. The van der Waals surface area contributed by atoms with Crippen LogP contribution in [0.5, 0.6) is 0 Å². The standard InChI is InChI=1S/C15H12Cl2N6O3/c1-8-5-13(19-15(24)14-12(23(25)26)6-18-20-14)21-22(8)7-9-10(16)3-2-4-11(9)17/h2-6H,7H2,1H3,(H,18,20)(H,19,21,24). The molecule has 3 aromatic rings. The zero-order valence-corrected chi connectivity index (χ0v) is 14.9. The number of carbonyl (C=O) groups excluding carboxylic acids is 1. The molecule has 11 heteroatoms. The molecular formula is C15H12Cl2N6O3. The minimum Gasteiger partial charge on any atom is -0.304 e. The number of aromatic nitrogens is 4. The molecule has 2 heterocycles. The van der Waals surface area contributed by atoms with Crippen molar-refractivity contribution in [1.29, 1.82) is 0 Å². The summed E-state index contributed by atoms with van der Waals surface area (Å²) in [6, 6.07) is 6.82. The molecule has 1 amide bonds. The van der Waals surface area contributed by atoms with Gasteiger partial charge in [-0.1, -0.05) is 29.3 Å². The van der Waals surface area contributed by atoms with Crippen LogP contribution in [0.3, 0.4) is 0 Å². The highest BCUT2D eigenvalue weighted by Crippen LogP contribution is 2.26. The third kappa shape index (κ3) is 3.53. The molecule has 0 aliphatic heterocycles. The summed E-state index contributed by atoms with van der Waals surface area (Å²) < 4.78 is 1.62. The number of nitro groups is 1. The van der Waals surface area contributed by atoms with Crippen LogP contribution in [0.4, 0.5) is 11.5 Å². The SMILES string of the molecule is Cc1cc(NC(=O)c2[nH]ncc2[N+](=O)[O-])nn1Cc1c(Cl)cccc1Cl. The van der Waals surface area contributed by atoms with E-state index in [1.165, 1.54) is 0 Å². The van der Waals surface area contributed by atoms with Gasteiger partial charge in [-0.05, 0) is 19.1 Å². The van der Waals surface area contributed by atoms with Crippen molar-refractivity contribution < 1.29 is 9.72 Å². The van der Waals surface area contributed by atoms with E-state index < -0.39 is 16.5 Å². The van der Waals surface area contributed by atoms with Crippen molar-refractivity contribution in [1.82, 2.24) is 20.0 Å². The molecule has 1 aromatic carbocycles. The van der Waals surface area contributed by atoms with Crippen molar-refractivity contribution in [2.24, 2.45) is 0 Å². The average molecular weight is 395 g/mol. The smallest absolute Gasteiger partial charge is 0.304 e. The van der Waals surface area contributed by atoms with Gasteiger partial charge in [-0.15, -0.1) is 0 Å². The lowest BCUT2D eigenvalue weighted by atomic mass is 10.2. The second kappa shape index (κ2) is 7.14. The fourth-order valence-corrected chi connectivity index (χ4v) is 2.85. The molecular weight excluding hydrogens is 383 g/mol. The fourth-order valence-electron chi connectivity index (χ4n) is 2.33. The number of rotatable bonds is 5.